The summed E-state index contributed by atoms with van der Waals surface area (Å²) >= 11 is 0. The standard InChI is InChI=1S/C36H42N4/c1-3-34(30-14-6-4-7-15-30)36(32-20-21-35-33(26-32)27-38-39-35)31-18-16-29(17-19-31)13-11-23-37-22-10-12-28(2)40-24-8-5-9-25-40/h4,6-7,10,12,14-21,26-27,37H,2-3,5,8-9,11,13,22-25H2,1H3,(H,38,39)/b12-10+,36-34+. The Hall–Kier alpha value is -3.89. The van der Waals surface area contributed by atoms with Crippen molar-refractivity contribution in [1.82, 2.24) is 20.4 Å². The predicted octanol–water partition coefficient (Wildman–Crippen LogP) is 8.01. The van der Waals surface area contributed by atoms with Gasteiger partial charge in [-0.3, -0.25) is 5.10 Å². The molecule has 1 saturated heterocycles. The van der Waals surface area contributed by atoms with Gasteiger partial charge in [0.1, 0.15) is 0 Å². The van der Waals surface area contributed by atoms with Crippen molar-refractivity contribution in [2.24, 2.45) is 0 Å². The molecule has 1 aliphatic heterocycles. The Kier molecular flexibility index (Phi) is 9.65. The molecule has 1 aliphatic rings. The van der Waals surface area contributed by atoms with Crippen LogP contribution in [0.2, 0.25) is 0 Å². The molecule has 0 amide bonds. The number of nitrogens with zero attached hydrogens (tertiary/aromatic N) is 2. The molecule has 0 atom stereocenters. The van der Waals surface area contributed by atoms with E-state index in [-0.39, 0.29) is 0 Å². The highest BCUT2D eigenvalue weighted by Gasteiger charge is 2.14. The van der Waals surface area contributed by atoms with Gasteiger partial charge >= 0.3 is 0 Å². The van der Waals surface area contributed by atoms with Gasteiger partial charge < -0.3 is 10.2 Å². The van der Waals surface area contributed by atoms with Crippen molar-refractivity contribution >= 4 is 22.0 Å². The number of H-pyrrole nitrogens is 1. The van der Waals surface area contributed by atoms with Gasteiger partial charge in [0, 0.05) is 30.7 Å². The van der Waals surface area contributed by atoms with Gasteiger partial charge in [-0.2, -0.15) is 5.10 Å². The van der Waals surface area contributed by atoms with Gasteiger partial charge in [0.15, 0.2) is 0 Å². The Bertz CT molecular complexity index is 1440. The molecule has 1 fully saturated rings. The Balaban J connectivity index is 1.23. The number of hydrogen-bond acceptors (Lipinski definition) is 3. The van der Waals surface area contributed by atoms with Crippen LogP contribution in [0.1, 0.15) is 61.3 Å². The van der Waals surface area contributed by atoms with Crippen molar-refractivity contribution < 1.29 is 0 Å². The van der Waals surface area contributed by atoms with Crippen LogP contribution in [0.4, 0.5) is 0 Å². The molecule has 2 heterocycles. The minimum absolute atomic E-state index is 0.889. The molecule has 4 aromatic rings. The average molecular weight is 531 g/mol. The van der Waals surface area contributed by atoms with Crippen LogP contribution in [-0.2, 0) is 6.42 Å². The quantitative estimate of drug-likeness (QED) is 0.111. The summed E-state index contributed by atoms with van der Waals surface area (Å²) in [4.78, 5) is 2.41. The van der Waals surface area contributed by atoms with Crippen LogP contribution in [0.25, 0.3) is 22.0 Å². The lowest BCUT2D eigenvalue weighted by Gasteiger charge is -2.28. The van der Waals surface area contributed by atoms with Gasteiger partial charge in [-0.25, -0.2) is 0 Å². The maximum absolute atomic E-state index is 4.24. The van der Waals surface area contributed by atoms with Crippen molar-refractivity contribution in [2.45, 2.75) is 45.4 Å². The van der Waals surface area contributed by atoms with E-state index in [1.54, 1.807) is 0 Å². The number of piperidine rings is 1. The zero-order chi connectivity index (χ0) is 27.6. The summed E-state index contributed by atoms with van der Waals surface area (Å²) in [5.74, 6) is 0. The summed E-state index contributed by atoms with van der Waals surface area (Å²) in [7, 11) is 0. The van der Waals surface area contributed by atoms with E-state index in [2.05, 4.69) is 119 Å². The van der Waals surface area contributed by atoms with Gasteiger partial charge in [0.25, 0.3) is 0 Å². The molecule has 0 unspecified atom stereocenters. The lowest BCUT2D eigenvalue weighted by Crippen LogP contribution is -2.27. The topological polar surface area (TPSA) is 44.0 Å². The van der Waals surface area contributed by atoms with E-state index in [0.29, 0.717) is 0 Å². The van der Waals surface area contributed by atoms with Crippen LogP contribution in [0.3, 0.4) is 0 Å². The molecule has 5 rings (SSSR count). The smallest absolute Gasteiger partial charge is 0.0650 e. The largest absolute Gasteiger partial charge is 0.372 e. The molecule has 0 aliphatic carbocycles. The molecular formula is C36H42N4. The molecule has 0 radical (unpaired) electrons. The van der Waals surface area contributed by atoms with Crippen molar-refractivity contribution in [3.63, 3.8) is 0 Å². The summed E-state index contributed by atoms with van der Waals surface area (Å²) in [6, 6.07) is 26.6. The Morgan fingerprint density at radius 1 is 0.950 bits per heavy atom. The van der Waals surface area contributed by atoms with Gasteiger partial charge in [-0.05, 0) is 96.7 Å². The van der Waals surface area contributed by atoms with Gasteiger partial charge in [0.2, 0.25) is 0 Å². The second-order valence-corrected chi connectivity index (χ2v) is 10.7. The van der Waals surface area contributed by atoms with Crippen molar-refractivity contribution in [3.8, 4) is 0 Å². The highest BCUT2D eigenvalue weighted by Crippen LogP contribution is 2.35. The second kappa shape index (κ2) is 14.0. The van der Waals surface area contributed by atoms with Crippen molar-refractivity contribution in [2.75, 3.05) is 26.2 Å². The van der Waals surface area contributed by atoms with E-state index in [4.69, 9.17) is 0 Å². The highest BCUT2D eigenvalue weighted by atomic mass is 15.1. The van der Waals surface area contributed by atoms with Crippen LogP contribution in [0.15, 0.2) is 103 Å². The van der Waals surface area contributed by atoms with E-state index < -0.39 is 0 Å². The number of hydrogen-bond donors (Lipinski definition) is 2. The average Bonchev–Trinajstić information content (AvgIpc) is 3.49. The summed E-state index contributed by atoms with van der Waals surface area (Å²) < 4.78 is 0. The number of allylic oxidation sites excluding steroid dienone is 2. The molecule has 3 aromatic carbocycles. The zero-order valence-electron chi connectivity index (χ0n) is 23.8. The fourth-order valence-corrected chi connectivity index (χ4v) is 5.70. The lowest BCUT2D eigenvalue weighted by atomic mass is 9.87. The Labute approximate surface area is 239 Å². The number of rotatable bonds is 12. The summed E-state index contributed by atoms with van der Waals surface area (Å²) in [5, 5.41) is 12.0. The number of nitrogens with one attached hydrogen (secondary N) is 2. The number of benzene rings is 3. The number of fused-ring (bicyclic) bond motifs is 1. The second-order valence-electron chi connectivity index (χ2n) is 10.7. The molecule has 0 bridgehead atoms. The molecule has 4 heteroatoms. The van der Waals surface area contributed by atoms with Gasteiger partial charge in [-0.15, -0.1) is 0 Å². The first-order valence-electron chi connectivity index (χ1n) is 14.9. The third kappa shape index (κ3) is 7.00. The Morgan fingerprint density at radius 3 is 2.50 bits per heavy atom. The van der Waals surface area contributed by atoms with Crippen LogP contribution in [0, 0.1) is 0 Å². The highest BCUT2D eigenvalue weighted by molar-refractivity contribution is 6.00. The molecule has 0 saturated carbocycles. The van der Waals surface area contributed by atoms with E-state index in [0.717, 1.165) is 62.0 Å². The summed E-state index contributed by atoms with van der Waals surface area (Å²) in [6.07, 6.45) is 13.4. The normalized spacial score (nSPS) is 14.6. The van der Waals surface area contributed by atoms with E-state index in [9.17, 15) is 0 Å². The van der Waals surface area contributed by atoms with Gasteiger partial charge in [-0.1, -0.05) is 80.2 Å². The third-order valence-electron chi connectivity index (χ3n) is 7.90. The first-order chi connectivity index (χ1) is 19.7. The fraction of sp³-hybridized carbons (Fsp3) is 0.306. The van der Waals surface area contributed by atoms with E-state index in [1.807, 2.05) is 6.20 Å². The monoisotopic (exact) mass is 530 g/mol. The third-order valence-corrected chi connectivity index (χ3v) is 7.90. The first-order valence-corrected chi connectivity index (χ1v) is 14.9. The molecular weight excluding hydrogens is 488 g/mol. The zero-order valence-corrected chi connectivity index (χ0v) is 23.8. The van der Waals surface area contributed by atoms with Crippen LogP contribution in [0.5, 0.6) is 0 Å². The Morgan fingerprint density at radius 2 is 1.73 bits per heavy atom. The number of aryl methyl sites for hydroxylation is 1. The predicted molar refractivity (Wildman–Crippen MR) is 170 cm³/mol. The first kappa shape index (κ1) is 27.7. The van der Waals surface area contributed by atoms with Crippen LogP contribution >= 0.6 is 0 Å². The molecule has 2 N–H and O–H groups in total. The summed E-state index contributed by atoms with van der Waals surface area (Å²) in [6.45, 7) is 10.7. The molecule has 40 heavy (non-hydrogen) atoms. The minimum Gasteiger partial charge on any atom is -0.372 e. The minimum atomic E-state index is 0.889. The lowest BCUT2D eigenvalue weighted by molar-refractivity contribution is 0.294. The number of likely N-dealkylation sites (tertiary alicyclic amines) is 1. The van der Waals surface area contributed by atoms with E-state index in [1.165, 1.54) is 52.7 Å². The van der Waals surface area contributed by atoms with Crippen molar-refractivity contribution in [3.05, 3.63) is 126 Å². The summed E-state index contributed by atoms with van der Waals surface area (Å²) in [5.41, 5.74) is 10.00. The fourth-order valence-electron chi connectivity index (χ4n) is 5.70. The maximum atomic E-state index is 4.24. The van der Waals surface area contributed by atoms with Gasteiger partial charge in [0.05, 0.1) is 11.7 Å². The van der Waals surface area contributed by atoms with Crippen LogP contribution in [-0.4, -0.2) is 41.3 Å². The van der Waals surface area contributed by atoms with E-state index >= 15 is 0 Å². The molecule has 0 spiro atoms. The SMILES string of the molecule is C=C(/C=C/CNCCCc1ccc(/C(=C(/CC)c2ccccc2)c2ccc3[nH]ncc3c2)cc1)N1CCCCC1. The number of aromatic amines is 1. The molecule has 206 valence electrons. The van der Waals surface area contributed by atoms with Crippen molar-refractivity contribution in [1.29, 1.82) is 0 Å². The van der Waals surface area contributed by atoms with Crippen LogP contribution < -0.4 is 5.32 Å². The molecule has 1 aromatic heterocycles. The molecule has 4 nitrogen and oxygen atoms in total. The maximum Gasteiger partial charge on any atom is 0.0650 e. The number of aromatic nitrogens is 2.